The molecule has 1 aliphatic rings. The summed E-state index contributed by atoms with van der Waals surface area (Å²) in [6.45, 7) is 13.1. The van der Waals surface area contributed by atoms with Gasteiger partial charge in [0.05, 0.1) is 13.2 Å². The highest BCUT2D eigenvalue weighted by Gasteiger charge is 2.11. The van der Waals surface area contributed by atoms with Crippen LogP contribution in [0.4, 0.5) is 0 Å². The molecule has 1 aliphatic heterocycles. The Balaban J connectivity index is 0.00000392. The lowest BCUT2D eigenvalue weighted by molar-refractivity contribution is 0.274. The number of guanidine groups is 1. The summed E-state index contributed by atoms with van der Waals surface area (Å²) in [6.07, 6.45) is 2.40. The summed E-state index contributed by atoms with van der Waals surface area (Å²) in [5, 5.41) is 6.80. The van der Waals surface area contributed by atoms with Gasteiger partial charge in [0.15, 0.2) is 5.96 Å². The molecule has 0 atom stereocenters. The van der Waals surface area contributed by atoms with E-state index in [1.165, 1.54) is 32.6 Å². The Kier molecular flexibility index (Phi) is 13.3. The molecule has 0 amide bonds. The molecule has 0 radical (unpaired) electrons. The highest BCUT2D eigenvalue weighted by Crippen LogP contribution is 2.18. The molecule has 0 spiro atoms. The molecule has 7 heteroatoms. The first-order chi connectivity index (χ1) is 13.2. The molecule has 0 aliphatic carbocycles. The van der Waals surface area contributed by atoms with Gasteiger partial charge in [0.25, 0.3) is 0 Å². The van der Waals surface area contributed by atoms with Crippen LogP contribution in [0.2, 0.25) is 0 Å². The first-order valence-electron chi connectivity index (χ1n) is 10.4. The Bertz CT molecular complexity index is 569. The summed E-state index contributed by atoms with van der Waals surface area (Å²) >= 11 is 0. The lowest BCUT2D eigenvalue weighted by atomic mass is 10.2. The fourth-order valence-corrected chi connectivity index (χ4v) is 3.27. The SMILES string of the molecule is CCNC(=NCc1ccccc1OCC)NCCCN1CCCN(C)CC1.I. The summed E-state index contributed by atoms with van der Waals surface area (Å²) in [4.78, 5) is 9.73. The standard InChI is InChI=1S/C21H37N5O.HI/c1-4-22-21(24-18-19-10-6-7-11-20(19)27-5-2)23-12-8-14-26-15-9-13-25(3)16-17-26;/h6-7,10-11H,4-5,8-9,12-18H2,1-3H3,(H2,22,23,24);1H. The minimum absolute atomic E-state index is 0. The normalized spacial score (nSPS) is 16.2. The quantitative estimate of drug-likeness (QED) is 0.235. The van der Waals surface area contributed by atoms with E-state index in [-0.39, 0.29) is 24.0 Å². The van der Waals surface area contributed by atoms with Crippen molar-refractivity contribution < 1.29 is 4.74 Å². The largest absolute Gasteiger partial charge is 0.494 e. The van der Waals surface area contributed by atoms with Crippen molar-refractivity contribution in [2.45, 2.75) is 33.2 Å². The molecule has 6 nitrogen and oxygen atoms in total. The second-order valence-electron chi connectivity index (χ2n) is 7.01. The van der Waals surface area contributed by atoms with Crippen molar-refractivity contribution in [3.8, 4) is 5.75 Å². The van der Waals surface area contributed by atoms with Gasteiger partial charge in [0, 0.05) is 31.7 Å². The molecular weight excluding hydrogens is 465 g/mol. The minimum Gasteiger partial charge on any atom is -0.494 e. The van der Waals surface area contributed by atoms with Crippen molar-refractivity contribution in [1.82, 2.24) is 20.4 Å². The lowest BCUT2D eigenvalue weighted by Crippen LogP contribution is -2.39. The Morgan fingerprint density at radius 3 is 2.71 bits per heavy atom. The second-order valence-corrected chi connectivity index (χ2v) is 7.01. The Morgan fingerprint density at radius 2 is 1.93 bits per heavy atom. The number of aliphatic imine (C=N–C) groups is 1. The van der Waals surface area contributed by atoms with Crippen LogP contribution >= 0.6 is 24.0 Å². The molecule has 0 bridgehead atoms. The van der Waals surface area contributed by atoms with Crippen molar-refractivity contribution in [3.05, 3.63) is 29.8 Å². The second kappa shape index (κ2) is 14.9. The van der Waals surface area contributed by atoms with Crippen LogP contribution in [0, 0.1) is 0 Å². The third-order valence-corrected chi connectivity index (χ3v) is 4.78. The van der Waals surface area contributed by atoms with Crippen LogP contribution in [-0.2, 0) is 6.54 Å². The predicted octanol–water partition coefficient (Wildman–Crippen LogP) is 2.79. The number of likely N-dealkylation sites (N-methyl/N-ethyl adjacent to an activating group) is 1. The molecule has 1 heterocycles. The maximum Gasteiger partial charge on any atom is 0.191 e. The Labute approximate surface area is 188 Å². The van der Waals surface area contributed by atoms with Gasteiger partial charge in [-0.25, -0.2) is 4.99 Å². The molecule has 28 heavy (non-hydrogen) atoms. The number of hydrogen-bond acceptors (Lipinski definition) is 4. The zero-order valence-electron chi connectivity index (χ0n) is 17.7. The van der Waals surface area contributed by atoms with Gasteiger partial charge < -0.3 is 25.2 Å². The summed E-state index contributed by atoms with van der Waals surface area (Å²) in [6, 6.07) is 8.12. The van der Waals surface area contributed by atoms with Crippen LogP contribution in [0.5, 0.6) is 5.75 Å². The average Bonchev–Trinajstić information content (AvgIpc) is 2.88. The Morgan fingerprint density at radius 1 is 1.11 bits per heavy atom. The molecule has 1 aromatic rings. The van der Waals surface area contributed by atoms with E-state index in [2.05, 4.69) is 40.5 Å². The van der Waals surface area contributed by atoms with Gasteiger partial charge in [-0.15, -0.1) is 24.0 Å². The number of nitrogens with one attached hydrogen (secondary N) is 2. The fraction of sp³-hybridized carbons (Fsp3) is 0.667. The van der Waals surface area contributed by atoms with E-state index in [0.717, 1.165) is 43.3 Å². The molecule has 160 valence electrons. The molecule has 0 aromatic heterocycles. The monoisotopic (exact) mass is 503 g/mol. The highest BCUT2D eigenvalue weighted by atomic mass is 127. The van der Waals surface area contributed by atoms with Crippen molar-refractivity contribution in [2.75, 3.05) is 59.5 Å². The van der Waals surface area contributed by atoms with Gasteiger partial charge in [0.2, 0.25) is 0 Å². The lowest BCUT2D eigenvalue weighted by Gasteiger charge is -2.20. The summed E-state index contributed by atoms with van der Waals surface area (Å²) in [5.41, 5.74) is 1.12. The molecule has 1 saturated heterocycles. The maximum atomic E-state index is 5.69. The molecule has 0 saturated carbocycles. The van der Waals surface area contributed by atoms with Crippen molar-refractivity contribution in [2.24, 2.45) is 4.99 Å². The van der Waals surface area contributed by atoms with E-state index in [4.69, 9.17) is 9.73 Å². The molecule has 1 fully saturated rings. The third kappa shape index (κ3) is 9.43. The number of para-hydroxylation sites is 1. The zero-order valence-corrected chi connectivity index (χ0v) is 20.1. The number of ether oxygens (including phenoxy) is 1. The summed E-state index contributed by atoms with van der Waals surface area (Å²) in [7, 11) is 2.22. The zero-order chi connectivity index (χ0) is 19.3. The first-order valence-corrected chi connectivity index (χ1v) is 10.4. The number of benzene rings is 1. The molecule has 0 unspecified atom stereocenters. The van der Waals surface area contributed by atoms with E-state index in [1.54, 1.807) is 0 Å². The first kappa shape index (κ1) is 25.0. The van der Waals surface area contributed by atoms with Crippen LogP contribution in [0.25, 0.3) is 0 Å². The van der Waals surface area contributed by atoms with E-state index < -0.39 is 0 Å². The predicted molar refractivity (Wildman–Crippen MR) is 129 cm³/mol. The van der Waals surface area contributed by atoms with Crippen molar-refractivity contribution in [3.63, 3.8) is 0 Å². The Hall–Kier alpha value is -1.06. The van der Waals surface area contributed by atoms with Crippen LogP contribution in [0.3, 0.4) is 0 Å². The van der Waals surface area contributed by atoms with Gasteiger partial charge in [0.1, 0.15) is 5.75 Å². The summed E-state index contributed by atoms with van der Waals surface area (Å²) < 4.78 is 5.69. The van der Waals surface area contributed by atoms with E-state index in [9.17, 15) is 0 Å². The maximum absolute atomic E-state index is 5.69. The van der Waals surface area contributed by atoms with Crippen LogP contribution < -0.4 is 15.4 Å². The van der Waals surface area contributed by atoms with Crippen molar-refractivity contribution >= 4 is 29.9 Å². The van der Waals surface area contributed by atoms with E-state index in [1.807, 2.05) is 25.1 Å². The van der Waals surface area contributed by atoms with E-state index in [0.29, 0.717) is 13.2 Å². The van der Waals surface area contributed by atoms with E-state index >= 15 is 0 Å². The van der Waals surface area contributed by atoms with Crippen LogP contribution in [0.1, 0.15) is 32.3 Å². The molecule has 2 N–H and O–H groups in total. The van der Waals surface area contributed by atoms with Crippen LogP contribution in [-0.4, -0.2) is 75.2 Å². The molecule has 2 rings (SSSR count). The molecule has 1 aromatic carbocycles. The smallest absolute Gasteiger partial charge is 0.191 e. The van der Waals surface area contributed by atoms with Gasteiger partial charge in [-0.1, -0.05) is 18.2 Å². The number of nitrogens with zero attached hydrogens (tertiary/aromatic N) is 3. The van der Waals surface area contributed by atoms with Gasteiger partial charge in [-0.3, -0.25) is 0 Å². The van der Waals surface area contributed by atoms with Crippen molar-refractivity contribution in [1.29, 1.82) is 0 Å². The average molecular weight is 503 g/mol. The van der Waals surface area contributed by atoms with Gasteiger partial charge in [-0.05, 0) is 59.4 Å². The number of halogens is 1. The topological polar surface area (TPSA) is 52.1 Å². The van der Waals surface area contributed by atoms with Crippen LogP contribution in [0.15, 0.2) is 29.3 Å². The minimum atomic E-state index is 0. The van der Waals surface area contributed by atoms with Gasteiger partial charge in [-0.2, -0.15) is 0 Å². The van der Waals surface area contributed by atoms with Gasteiger partial charge >= 0.3 is 0 Å². The summed E-state index contributed by atoms with van der Waals surface area (Å²) in [5.74, 6) is 1.80. The third-order valence-electron chi connectivity index (χ3n) is 4.78. The fourth-order valence-electron chi connectivity index (χ4n) is 3.27. The highest BCUT2D eigenvalue weighted by molar-refractivity contribution is 14.0. The number of hydrogen-bond donors (Lipinski definition) is 2. The molecular formula is C21H38IN5O. The number of rotatable bonds is 9.